The first kappa shape index (κ1) is 24.8. The van der Waals surface area contributed by atoms with Crippen LogP contribution >= 0.6 is 0 Å². The van der Waals surface area contributed by atoms with Crippen LogP contribution in [-0.4, -0.2) is 37.5 Å². The summed E-state index contributed by atoms with van der Waals surface area (Å²) in [4.78, 5) is 38.9. The van der Waals surface area contributed by atoms with Crippen LogP contribution in [0.4, 0.5) is 11.4 Å². The Labute approximate surface area is 210 Å². The third kappa shape index (κ3) is 6.63. The maximum atomic E-state index is 12.6. The smallest absolute Gasteiger partial charge is 0.262 e. The lowest BCUT2D eigenvalue weighted by Crippen LogP contribution is -2.32. The van der Waals surface area contributed by atoms with Crippen molar-refractivity contribution in [1.82, 2.24) is 5.32 Å². The lowest BCUT2D eigenvalue weighted by atomic mass is 10.1. The van der Waals surface area contributed by atoms with E-state index in [4.69, 9.17) is 9.47 Å². The number of hydrogen-bond donors (Lipinski definition) is 2. The summed E-state index contributed by atoms with van der Waals surface area (Å²) in [5.41, 5.74) is 2.35. The molecule has 36 heavy (non-hydrogen) atoms. The minimum Gasteiger partial charge on any atom is -0.494 e. The molecule has 0 aromatic heterocycles. The van der Waals surface area contributed by atoms with Crippen LogP contribution in [0.25, 0.3) is 0 Å². The molecule has 1 aliphatic heterocycles. The molecule has 0 saturated carbocycles. The minimum absolute atomic E-state index is 0.0988. The molecule has 1 saturated heterocycles. The van der Waals surface area contributed by atoms with Crippen molar-refractivity contribution in [3.63, 3.8) is 0 Å². The minimum atomic E-state index is -0.400. The molecule has 3 amide bonds. The standard InChI is InChI=1S/C28H29N3O5/c1-2-35-24-12-8-22(9-13-24)30-26(32)19-36-25-14-10-23(11-15-25)31-18-21(16-27(31)33)28(34)29-17-20-6-4-3-5-7-20/h3-15,21H,2,16-19H2,1H3,(H,29,34)(H,30,32)/t21-/m1/s1. The molecule has 0 aliphatic carbocycles. The molecular weight excluding hydrogens is 458 g/mol. The zero-order chi connectivity index (χ0) is 25.3. The van der Waals surface area contributed by atoms with E-state index in [1.807, 2.05) is 37.3 Å². The predicted octanol–water partition coefficient (Wildman–Crippen LogP) is 3.77. The van der Waals surface area contributed by atoms with Crippen molar-refractivity contribution in [2.24, 2.45) is 5.92 Å². The Kier molecular flexibility index (Phi) is 8.18. The van der Waals surface area contributed by atoms with Gasteiger partial charge in [-0.2, -0.15) is 0 Å². The van der Waals surface area contributed by atoms with Crippen LogP contribution < -0.4 is 25.0 Å². The molecule has 3 aromatic carbocycles. The maximum absolute atomic E-state index is 12.6. The van der Waals surface area contributed by atoms with E-state index in [1.54, 1.807) is 53.4 Å². The first-order valence-electron chi connectivity index (χ1n) is 11.9. The van der Waals surface area contributed by atoms with Crippen LogP contribution in [0.2, 0.25) is 0 Å². The Bertz CT molecular complexity index is 1180. The van der Waals surface area contributed by atoms with Gasteiger partial charge in [0.2, 0.25) is 11.8 Å². The van der Waals surface area contributed by atoms with Crippen LogP contribution in [-0.2, 0) is 20.9 Å². The Balaban J connectivity index is 1.24. The van der Waals surface area contributed by atoms with E-state index in [0.717, 1.165) is 11.3 Å². The summed E-state index contributed by atoms with van der Waals surface area (Å²) in [6.45, 7) is 3.09. The van der Waals surface area contributed by atoms with Gasteiger partial charge in [-0.25, -0.2) is 0 Å². The van der Waals surface area contributed by atoms with E-state index in [1.165, 1.54) is 0 Å². The third-order valence-electron chi connectivity index (χ3n) is 5.77. The number of anilines is 2. The first-order chi connectivity index (χ1) is 17.5. The number of hydrogen-bond acceptors (Lipinski definition) is 5. The van der Waals surface area contributed by atoms with Crippen LogP contribution in [0.3, 0.4) is 0 Å². The SMILES string of the molecule is CCOc1ccc(NC(=O)COc2ccc(N3C[C@H](C(=O)NCc4ccccc4)CC3=O)cc2)cc1. The van der Waals surface area contributed by atoms with E-state index >= 15 is 0 Å². The molecule has 4 rings (SSSR count). The molecule has 0 radical (unpaired) electrons. The Morgan fingerprint density at radius 2 is 1.58 bits per heavy atom. The van der Waals surface area contributed by atoms with Crippen LogP contribution in [0, 0.1) is 5.92 Å². The van der Waals surface area contributed by atoms with Crippen LogP contribution in [0.1, 0.15) is 18.9 Å². The summed E-state index contributed by atoms with van der Waals surface area (Å²) in [6, 6.07) is 23.7. The van der Waals surface area contributed by atoms with Crippen LogP contribution in [0.5, 0.6) is 11.5 Å². The van der Waals surface area contributed by atoms with E-state index in [9.17, 15) is 14.4 Å². The number of nitrogens with zero attached hydrogens (tertiary/aromatic N) is 1. The molecular formula is C28H29N3O5. The lowest BCUT2D eigenvalue weighted by molar-refractivity contribution is -0.126. The number of benzene rings is 3. The van der Waals surface area contributed by atoms with Gasteiger partial charge in [-0.1, -0.05) is 30.3 Å². The number of nitrogens with one attached hydrogen (secondary N) is 2. The van der Waals surface area contributed by atoms with Crippen molar-refractivity contribution in [1.29, 1.82) is 0 Å². The number of carbonyl (C=O) groups is 3. The third-order valence-corrected chi connectivity index (χ3v) is 5.77. The average Bonchev–Trinajstić information content (AvgIpc) is 3.30. The van der Waals surface area contributed by atoms with E-state index in [0.29, 0.717) is 36.8 Å². The van der Waals surface area contributed by atoms with Gasteiger partial charge in [-0.15, -0.1) is 0 Å². The van der Waals surface area contributed by atoms with Gasteiger partial charge < -0.3 is 25.0 Å². The molecule has 1 atom stereocenters. The molecule has 2 N–H and O–H groups in total. The van der Waals surface area contributed by atoms with Crippen molar-refractivity contribution in [2.45, 2.75) is 19.9 Å². The molecule has 3 aromatic rings. The molecule has 0 unspecified atom stereocenters. The van der Waals surface area contributed by atoms with Crippen molar-refractivity contribution in [3.8, 4) is 11.5 Å². The number of rotatable bonds is 10. The molecule has 8 heteroatoms. The van der Waals surface area contributed by atoms with E-state index in [2.05, 4.69) is 10.6 Å². The second-order valence-electron chi connectivity index (χ2n) is 8.40. The zero-order valence-electron chi connectivity index (χ0n) is 20.1. The van der Waals surface area contributed by atoms with E-state index < -0.39 is 5.92 Å². The summed E-state index contributed by atoms with van der Waals surface area (Å²) in [7, 11) is 0. The highest BCUT2D eigenvalue weighted by atomic mass is 16.5. The molecule has 1 fully saturated rings. The lowest BCUT2D eigenvalue weighted by Gasteiger charge is -2.17. The summed E-state index contributed by atoms with van der Waals surface area (Å²) in [5, 5.41) is 5.68. The molecule has 0 bridgehead atoms. The van der Waals surface area contributed by atoms with Gasteiger partial charge in [0.05, 0.1) is 12.5 Å². The summed E-state index contributed by atoms with van der Waals surface area (Å²) in [6.07, 6.45) is 0.171. The zero-order valence-corrected chi connectivity index (χ0v) is 20.1. The summed E-state index contributed by atoms with van der Waals surface area (Å²) in [5.74, 6) is 0.323. The Morgan fingerprint density at radius 1 is 0.917 bits per heavy atom. The number of carbonyl (C=O) groups excluding carboxylic acids is 3. The van der Waals surface area contributed by atoms with Crippen molar-refractivity contribution in [3.05, 3.63) is 84.4 Å². The number of amides is 3. The second kappa shape index (κ2) is 11.9. The molecule has 8 nitrogen and oxygen atoms in total. The van der Waals surface area contributed by atoms with E-state index in [-0.39, 0.29) is 30.7 Å². The monoisotopic (exact) mass is 487 g/mol. The van der Waals surface area contributed by atoms with Gasteiger partial charge in [0.15, 0.2) is 6.61 Å². The highest BCUT2D eigenvalue weighted by Gasteiger charge is 2.35. The van der Waals surface area contributed by atoms with Crippen molar-refractivity contribution < 1.29 is 23.9 Å². The molecule has 1 aliphatic rings. The maximum Gasteiger partial charge on any atom is 0.262 e. The summed E-state index contributed by atoms with van der Waals surface area (Å²) < 4.78 is 11.0. The average molecular weight is 488 g/mol. The highest BCUT2D eigenvalue weighted by Crippen LogP contribution is 2.27. The Hall–Kier alpha value is -4.33. The molecule has 186 valence electrons. The topological polar surface area (TPSA) is 97.0 Å². The fraction of sp³-hybridized carbons (Fsp3) is 0.250. The fourth-order valence-corrected chi connectivity index (χ4v) is 3.93. The molecule has 0 spiro atoms. The number of ether oxygens (including phenoxy) is 2. The van der Waals surface area contributed by atoms with Gasteiger partial charge in [0.25, 0.3) is 5.91 Å². The van der Waals surface area contributed by atoms with Gasteiger partial charge in [-0.05, 0) is 61.0 Å². The Morgan fingerprint density at radius 3 is 2.28 bits per heavy atom. The normalized spacial score (nSPS) is 14.9. The fourth-order valence-electron chi connectivity index (χ4n) is 3.93. The summed E-state index contributed by atoms with van der Waals surface area (Å²) >= 11 is 0. The second-order valence-corrected chi connectivity index (χ2v) is 8.40. The highest BCUT2D eigenvalue weighted by molar-refractivity contribution is 6.00. The largest absolute Gasteiger partial charge is 0.494 e. The van der Waals surface area contributed by atoms with Gasteiger partial charge >= 0.3 is 0 Å². The predicted molar refractivity (Wildman–Crippen MR) is 137 cm³/mol. The van der Waals surface area contributed by atoms with Crippen molar-refractivity contribution >= 4 is 29.1 Å². The first-order valence-corrected chi connectivity index (χ1v) is 11.9. The van der Waals surface area contributed by atoms with Crippen molar-refractivity contribution in [2.75, 3.05) is 30.0 Å². The van der Waals surface area contributed by atoms with Gasteiger partial charge in [-0.3, -0.25) is 14.4 Å². The molecule has 1 heterocycles. The van der Waals surface area contributed by atoms with Gasteiger partial charge in [0, 0.05) is 30.9 Å². The van der Waals surface area contributed by atoms with Crippen LogP contribution in [0.15, 0.2) is 78.9 Å². The van der Waals surface area contributed by atoms with Gasteiger partial charge in [0.1, 0.15) is 11.5 Å². The quantitative estimate of drug-likeness (QED) is 0.454.